The third kappa shape index (κ3) is 4.30. The minimum Gasteiger partial charge on any atom is -0.365 e. The molecule has 0 radical (unpaired) electrons. The van der Waals surface area contributed by atoms with E-state index in [2.05, 4.69) is 41.0 Å². The Hall–Kier alpha value is -3.60. The third-order valence-electron chi connectivity index (χ3n) is 5.98. The number of aromatic amines is 2. The van der Waals surface area contributed by atoms with Crippen LogP contribution < -0.4 is 10.6 Å². The topological polar surface area (TPSA) is 124 Å². The number of nitrogens with one attached hydrogen (secondary N) is 4. The van der Waals surface area contributed by atoms with Gasteiger partial charge in [0.15, 0.2) is 23.2 Å². The number of halogens is 3. The van der Waals surface area contributed by atoms with Crippen molar-refractivity contribution in [1.82, 2.24) is 35.7 Å². The lowest BCUT2D eigenvalue weighted by atomic mass is 9.91. The van der Waals surface area contributed by atoms with Gasteiger partial charge in [0.05, 0.1) is 17.4 Å². The van der Waals surface area contributed by atoms with Gasteiger partial charge in [0.25, 0.3) is 5.91 Å². The smallest absolute Gasteiger partial charge is 0.273 e. The fourth-order valence-electron chi connectivity index (χ4n) is 4.34. The highest BCUT2D eigenvalue weighted by molar-refractivity contribution is 6.31. The van der Waals surface area contributed by atoms with Crippen molar-refractivity contribution >= 4 is 34.2 Å². The van der Waals surface area contributed by atoms with Gasteiger partial charge in [-0.05, 0) is 44.7 Å². The highest BCUT2D eigenvalue weighted by Crippen LogP contribution is 2.31. The molecule has 0 aliphatic heterocycles. The van der Waals surface area contributed by atoms with E-state index in [4.69, 9.17) is 11.6 Å². The monoisotopic (exact) mass is 486 g/mol. The first-order valence-corrected chi connectivity index (χ1v) is 11.2. The molecule has 5 rings (SSSR count). The lowest BCUT2D eigenvalue weighted by Gasteiger charge is -2.30. The maximum Gasteiger partial charge on any atom is 0.273 e. The van der Waals surface area contributed by atoms with E-state index in [0.717, 1.165) is 25.5 Å². The van der Waals surface area contributed by atoms with Gasteiger partial charge in [-0.15, -0.1) is 0 Å². The summed E-state index contributed by atoms with van der Waals surface area (Å²) in [5, 5.41) is 17.1. The zero-order valence-corrected chi connectivity index (χ0v) is 18.9. The van der Waals surface area contributed by atoms with E-state index in [1.54, 1.807) is 19.2 Å². The van der Waals surface area contributed by atoms with Crippen LogP contribution in [0.4, 0.5) is 14.6 Å². The van der Waals surface area contributed by atoms with Gasteiger partial charge in [-0.2, -0.15) is 15.4 Å². The van der Waals surface area contributed by atoms with Crippen molar-refractivity contribution in [2.24, 2.45) is 0 Å². The molecule has 3 aromatic heterocycles. The predicted octanol–water partition coefficient (Wildman–Crippen LogP) is 4.14. The average molecular weight is 487 g/mol. The largest absolute Gasteiger partial charge is 0.365 e. The Labute approximate surface area is 197 Å². The lowest BCUT2D eigenvalue weighted by molar-refractivity contribution is 0.0920. The highest BCUT2D eigenvalue weighted by Gasteiger charge is 2.26. The molecule has 0 spiro atoms. The number of hydrogen-bond acceptors (Lipinski definition) is 6. The Kier molecular flexibility index (Phi) is 5.86. The number of benzene rings is 1. The van der Waals surface area contributed by atoms with Gasteiger partial charge in [0.1, 0.15) is 5.82 Å². The summed E-state index contributed by atoms with van der Waals surface area (Å²) in [5.41, 5.74) is 1.57. The minimum absolute atomic E-state index is 0.0474. The van der Waals surface area contributed by atoms with E-state index < -0.39 is 11.6 Å². The fourth-order valence-corrected chi connectivity index (χ4v) is 4.54. The number of hydrogen-bond donors (Lipinski definition) is 4. The third-order valence-corrected chi connectivity index (χ3v) is 6.20. The minimum atomic E-state index is -0.600. The predicted molar refractivity (Wildman–Crippen MR) is 123 cm³/mol. The number of H-pyrrole nitrogens is 2. The van der Waals surface area contributed by atoms with Crippen LogP contribution in [0.25, 0.3) is 22.3 Å². The van der Waals surface area contributed by atoms with E-state index in [9.17, 15) is 13.6 Å². The number of nitrogens with zero attached hydrogens (tertiary/aromatic N) is 4. The number of anilines is 1. The van der Waals surface area contributed by atoms with Crippen molar-refractivity contribution in [1.29, 1.82) is 0 Å². The number of carbonyl (C=O) groups excluding carboxylic acids is 1. The summed E-state index contributed by atoms with van der Waals surface area (Å²) in [6.45, 7) is 1.70. The molecule has 176 valence electrons. The molecule has 1 fully saturated rings. The van der Waals surface area contributed by atoms with E-state index >= 15 is 0 Å². The summed E-state index contributed by atoms with van der Waals surface area (Å²) < 4.78 is 28.8. The summed E-state index contributed by atoms with van der Waals surface area (Å²) in [4.78, 5) is 23.8. The molecule has 0 bridgehead atoms. The van der Waals surface area contributed by atoms with E-state index in [1.807, 2.05) is 0 Å². The molecule has 3 heterocycles. The van der Waals surface area contributed by atoms with Gasteiger partial charge in [0.2, 0.25) is 0 Å². The highest BCUT2D eigenvalue weighted by atomic mass is 35.5. The number of aryl methyl sites for hydroxylation is 1. The Balaban J connectivity index is 1.33. The zero-order chi connectivity index (χ0) is 23.8. The Morgan fingerprint density at radius 1 is 1.18 bits per heavy atom. The van der Waals surface area contributed by atoms with Crippen molar-refractivity contribution in [3.8, 4) is 11.4 Å². The quantitative estimate of drug-likeness (QED) is 0.336. The first-order chi connectivity index (χ1) is 16.4. The summed E-state index contributed by atoms with van der Waals surface area (Å²) in [6.07, 6.45) is 5.69. The van der Waals surface area contributed by atoms with E-state index in [-0.39, 0.29) is 45.9 Å². The molecule has 9 nitrogen and oxygen atoms in total. The second-order valence-corrected chi connectivity index (χ2v) is 8.77. The molecule has 1 aliphatic carbocycles. The number of aromatic nitrogens is 6. The lowest BCUT2D eigenvalue weighted by Crippen LogP contribution is -2.42. The Morgan fingerprint density at radius 3 is 2.79 bits per heavy atom. The maximum absolute atomic E-state index is 14.6. The number of amides is 1. The van der Waals surface area contributed by atoms with Crippen LogP contribution in [0.3, 0.4) is 0 Å². The number of fused-ring (bicyclic) bond motifs is 1. The molecule has 4 N–H and O–H groups in total. The molecule has 4 aromatic rings. The van der Waals surface area contributed by atoms with Gasteiger partial charge >= 0.3 is 0 Å². The average Bonchev–Trinajstić information content (AvgIpc) is 3.42. The van der Waals surface area contributed by atoms with Crippen LogP contribution in [0.2, 0.25) is 5.02 Å². The van der Waals surface area contributed by atoms with Crippen molar-refractivity contribution in [3.05, 3.63) is 52.6 Å². The second kappa shape index (κ2) is 8.98. The van der Waals surface area contributed by atoms with Crippen molar-refractivity contribution < 1.29 is 13.6 Å². The van der Waals surface area contributed by atoms with Gasteiger partial charge in [-0.25, -0.2) is 18.7 Å². The van der Waals surface area contributed by atoms with Crippen LogP contribution in [-0.4, -0.2) is 48.4 Å². The van der Waals surface area contributed by atoms with Gasteiger partial charge < -0.3 is 15.6 Å². The van der Waals surface area contributed by atoms with E-state index in [0.29, 0.717) is 23.1 Å². The summed E-state index contributed by atoms with van der Waals surface area (Å²) >= 11 is 6.01. The summed E-state index contributed by atoms with van der Waals surface area (Å²) in [6, 6.07) is 2.61. The first kappa shape index (κ1) is 22.2. The molecule has 1 unspecified atom stereocenters. The van der Waals surface area contributed by atoms with E-state index in [1.165, 1.54) is 6.07 Å². The molecular formula is C22H21ClF2N8O. The summed E-state index contributed by atoms with van der Waals surface area (Å²) in [5.74, 6) is -1.11. The van der Waals surface area contributed by atoms with Crippen LogP contribution in [0.15, 0.2) is 24.5 Å². The first-order valence-electron chi connectivity index (χ1n) is 10.8. The fraction of sp³-hybridized carbons (Fsp3) is 0.318. The Morgan fingerprint density at radius 2 is 2.00 bits per heavy atom. The molecule has 2 atom stereocenters. The van der Waals surface area contributed by atoms with Gasteiger partial charge in [0, 0.05) is 34.3 Å². The van der Waals surface area contributed by atoms with Crippen molar-refractivity contribution in [3.63, 3.8) is 0 Å². The standard InChI is InChI=1S/C22H21ClF2N8O/c1-10-18(32-33-31-10)22(34)29-13-4-2-3-12(7-13)28-21-17(25)9-27-20(30-21)15-8-26-19-14(15)5-11(23)6-16(19)24/h5-6,8-9,12-13,26H,2-4,7H2,1H3,(H,29,34)(H,27,28,30)(H,31,32,33)/t12?,13-/m1/s1. The van der Waals surface area contributed by atoms with Crippen LogP contribution in [0.1, 0.15) is 41.9 Å². The molecule has 34 heavy (non-hydrogen) atoms. The van der Waals surface area contributed by atoms with Crippen LogP contribution >= 0.6 is 11.6 Å². The second-order valence-electron chi connectivity index (χ2n) is 8.34. The van der Waals surface area contributed by atoms with Crippen molar-refractivity contribution in [2.45, 2.75) is 44.7 Å². The maximum atomic E-state index is 14.6. The SMILES string of the molecule is Cc1n[nH]nc1C(=O)N[C@@H]1CCCC(Nc2nc(-c3c[nH]c4c(F)cc(Cl)cc34)ncc2F)C1. The molecule has 1 aromatic carbocycles. The number of rotatable bonds is 5. The summed E-state index contributed by atoms with van der Waals surface area (Å²) in [7, 11) is 0. The zero-order valence-electron chi connectivity index (χ0n) is 18.1. The molecule has 1 aliphatic rings. The molecular weight excluding hydrogens is 466 g/mol. The van der Waals surface area contributed by atoms with Crippen LogP contribution in [0, 0.1) is 18.6 Å². The van der Waals surface area contributed by atoms with Crippen LogP contribution in [-0.2, 0) is 0 Å². The molecule has 1 saturated carbocycles. The number of carbonyl (C=O) groups is 1. The Bertz CT molecular complexity index is 1370. The molecule has 1 amide bonds. The van der Waals surface area contributed by atoms with Crippen LogP contribution in [0.5, 0.6) is 0 Å². The van der Waals surface area contributed by atoms with Gasteiger partial charge in [-0.1, -0.05) is 11.6 Å². The van der Waals surface area contributed by atoms with Gasteiger partial charge in [-0.3, -0.25) is 4.79 Å². The van der Waals surface area contributed by atoms with Crippen molar-refractivity contribution in [2.75, 3.05) is 5.32 Å². The molecule has 12 heteroatoms. The molecule has 0 saturated heterocycles. The normalized spacial score (nSPS) is 18.2.